The Morgan fingerprint density at radius 3 is 2.00 bits per heavy atom. The van der Waals surface area contributed by atoms with Crippen LogP contribution in [0.5, 0.6) is 0 Å². The summed E-state index contributed by atoms with van der Waals surface area (Å²) in [5.41, 5.74) is 2.96. The van der Waals surface area contributed by atoms with Gasteiger partial charge in [-0.3, -0.25) is 9.69 Å². The van der Waals surface area contributed by atoms with Crippen molar-refractivity contribution >= 4 is 5.91 Å². The van der Waals surface area contributed by atoms with Gasteiger partial charge in [0.05, 0.1) is 0 Å². The predicted molar refractivity (Wildman–Crippen MR) is 56.0 cm³/mol. The molecule has 0 aliphatic carbocycles. The molecule has 3 nitrogen and oxygen atoms in total. The van der Waals surface area contributed by atoms with Gasteiger partial charge in [0.2, 0.25) is 5.91 Å². The zero-order valence-corrected chi connectivity index (χ0v) is 9.21. The summed E-state index contributed by atoms with van der Waals surface area (Å²) in [6.07, 6.45) is 0. The Morgan fingerprint density at radius 2 is 1.64 bits per heavy atom. The first kappa shape index (κ1) is 9.71. The van der Waals surface area contributed by atoms with Crippen LogP contribution in [0.1, 0.15) is 20.8 Å². The topological polar surface area (TPSA) is 23.6 Å². The number of rotatable bonds is 1. The molecule has 2 aliphatic heterocycles. The number of amides is 1. The quantitative estimate of drug-likeness (QED) is 0.578. The zero-order valence-electron chi connectivity index (χ0n) is 9.21. The van der Waals surface area contributed by atoms with E-state index in [-0.39, 0.29) is 5.91 Å². The molecule has 2 heterocycles. The van der Waals surface area contributed by atoms with Gasteiger partial charge >= 0.3 is 0 Å². The van der Waals surface area contributed by atoms with E-state index in [2.05, 4.69) is 18.7 Å². The van der Waals surface area contributed by atoms with E-state index >= 15 is 0 Å². The van der Waals surface area contributed by atoms with Crippen molar-refractivity contribution in [3.8, 4) is 0 Å². The van der Waals surface area contributed by atoms with E-state index in [4.69, 9.17) is 0 Å². The lowest BCUT2D eigenvalue weighted by molar-refractivity contribution is -0.127. The van der Waals surface area contributed by atoms with Gasteiger partial charge in [0.25, 0.3) is 0 Å². The van der Waals surface area contributed by atoms with E-state index in [1.165, 1.54) is 11.1 Å². The number of carbonyl (C=O) groups is 1. The molecule has 0 aromatic heterocycles. The van der Waals surface area contributed by atoms with E-state index in [1.807, 2.05) is 4.90 Å². The Hall–Kier alpha value is -0.830. The molecule has 0 unspecified atom stereocenters. The lowest BCUT2D eigenvalue weighted by atomic mass is 10.2. The van der Waals surface area contributed by atoms with Crippen LogP contribution in [0, 0.1) is 0 Å². The Kier molecular flexibility index (Phi) is 2.35. The highest BCUT2D eigenvalue weighted by Gasteiger charge is 2.31. The molecule has 0 fully saturated rings. The van der Waals surface area contributed by atoms with Gasteiger partial charge < -0.3 is 4.90 Å². The van der Waals surface area contributed by atoms with Gasteiger partial charge in [0, 0.05) is 39.1 Å². The molecule has 0 atom stereocenters. The van der Waals surface area contributed by atoms with Gasteiger partial charge in [-0.15, -0.1) is 0 Å². The fraction of sp³-hybridized carbons (Fsp3) is 0.727. The van der Waals surface area contributed by atoms with Crippen LogP contribution in [-0.2, 0) is 4.79 Å². The molecule has 1 amide bonds. The van der Waals surface area contributed by atoms with Crippen molar-refractivity contribution in [3.63, 3.8) is 0 Å². The third-order valence-corrected chi connectivity index (χ3v) is 3.23. The highest BCUT2D eigenvalue weighted by Crippen LogP contribution is 2.26. The first-order valence-corrected chi connectivity index (χ1v) is 5.27. The molecule has 14 heavy (non-hydrogen) atoms. The summed E-state index contributed by atoms with van der Waals surface area (Å²) in [5, 5.41) is 0. The van der Waals surface area contributed by atoms with E-state index in [1.54, 1.807) is 6.92 Å². The van der Waals surface area contributed by atoms with E-state index in [9.17, 15) is 4.79 Å². The van der Waals surface area contributed by atoms with Crippen LogP contribution in [0.4, 0.5) is 0 Å². The van der Waals surface area contributed by atoms with Crippen LogP contribution in [-0.4, -0.2) is 47.9 Å². The maximum atomic E-state index is 11.2. The van der Waals surface area contributed by atoms with Crippen molar-refractivity contribution in [2.75, 3.05) is 26.2 Å². The smallest absolute Gasteiger partial charge is 0.220 e. The van der Waals surface area contributed by atoms with Crippen molar-refractivity contribution in [2.24, 2.45) is 0 Å². The summed E-state index contributed by atoms with van der Waals surface area (Å²) in [7, 11) is 0. The highest BCUT2D eigenvalue weighted by atomic mass is 16.2. The van der Waals surface area contributed by atoms with Crippen LogP contribution in [0.3, 0.4) is 0 Å². The second kappa shape index (κ2) is 3.39. The number of nitrogens with zero attached hydrogens (tertiary/aromatic N) is 2. The predicted octanol–water partition coefficient (Wildman–Crippen LogP) is 0.869. The summed E-state index contributed by atoms with van der Waals surface area (Å²) in [6.45, 7) is 9.98. The van der Waals surface area contributed by atoms with Gasteiger partial charge in [-0.1, -0.05) is 0 Å². The van der Waals surface area contributed by atoms with Gasteiger partial charge in [0.1, 0.15) is 0 Å². The molecule has 2 aliphatic rings. The van der Waals surface area contributed by atoms with Crippen molar-refractivity contribution in [1.82, 2.24) is 9.80 Å². The normalized spacial score (nSPS) is 22.4. The largest absolute Gasteiger partial charge is 0.335 e. The Labute approximate surface area is 85.4 Å². The average Bonchev–Trinajstić information content (AvgIpc) is 2.57. The first-order chi connectivity index (χ1) is 6.58. The summed E-state index contributed by atoms with van der Waals surface area (Å²) in [4.78, 5) is 15.6. The fourth-order valence-electron chi connectivity index (χ4n) is 2.20. The van der Waals surface area contributed by atoms with Crippen LogP contribution < -0.4 is 0 Å². The maximum Gasteiger partial charge on any atom is 0.220 e. The van der Waals surface area contributed by atoms with E-state index in [0.717, 1.165) is 26.2 Å². The van der Waals surface area contributed by atoms with Crippen molar-refractivity contribution in [1.29, 1.82) is 0 Å². The number of hydrogen-bond acceptors (Lipinski definition) is 2. The molecule has 0 spiro atoms. The highest BCUT2D eigenvalue weighted by molar-refractivity contribution is 5.74. The van der Waals surface area contributed by atoms with Crippen LogP contribution in [0.25, 0.3) is 0 Å². The summed E-state index contributed by atoms with van der Waals surface area (Å²) >= 11 is 0. The first-order valence-electron chi connectivity index (χ1n) is 5.27. The lowest BCUT2D eigenvalue weighted by Gasteiger charge is -2.24. The molecule has 0 aromatic rings. The SMILES string of the molecule is CC(=O)N1CC2=C(C1)CN(C(C)C)C2. The van der Waals surface area contributed by atoms with Crippen LogP contribution >= 0.6 is 0 Å². The fourth-order valence-corrected chi connectivity index (χ4v) is 2.20. The minimum atomic E-state index is 0.204. The minimum absolute atomic E-state index is 0.204. The molecule has 3 heteroatoms. The molecule has 0 radical (unpaired) electrons. The molecule has 0 aromatic carbocycles. The standard InChI is InChI=1S/C11H18N2O/c1-8(2)12-4-10-6-13(9(3)14)7-11(10)5-12/h8H,4-7H2,1-3H3. The molecular weight excluding hydrogens is 176 g/mol. The van der Waals surface area contributed by atoms with Crippen LogP contribution in [0.15, 0.2) is 11.1 Å². The van der Waals surface area contributed by atoms with E-state index < -0.39 is 0 Å². The monoisotopic (exact) mass is 194 g/mol. The Morgan fingerprint density at radius 1 is 1.14 bits per heavy atom. The molecule has 0 saturated carbocycles. The van der Waals surface area contributed by atoms with Crippen LogP contribution in [0.2, 0.25) is 0 Å². The zero-order chi connectivity index (χ0) is 10.3. The Bertz CT molecular complexity index is 276. The second-order valence-corrected chi connectivity index (χ2v) is 4.58. The van der Waals surface area contributed by atoms with E-state index in [0.29, 0.717) is 6.04 Å². The maximum absolute atomic E-state index is 11.2. The van der Waals surface area contributed by atoms with Crippen molar-refractivity contribution < 1.29 is 4.79 Å². The summed E-state index contributed by atoms with van der Waals surface area (Å²) in [6, 6.07) is 0.617. The van der Waals surface area contributed by atoms with Gasteiger partial charge in [-0.25, -0.2) is 0 Å². The van der Waals surface area contributed by atoms with Gasteiger partial charge in [-0.05, 0) is 25.0 Å². The van der Waals surface area contributed by atoms with Gasteiger partial charge in [0.15, 0.2) is 0 Å². The minimum Gasteiger partial charge on any atom is -0.335 e. The molecule has 0 saturated heterocycles. The average molecular weight is 194 g/mol. The Balaban J connectivity index is 1.97. The summed E-state index contributed by atoms with van der Waals surface area (Å²) < 4.78 is 0. The van der Waals surface area contributed by atoms with Gasteiger partial charge in [-0.2, -0.15) is 0 Å². The third kappa shape index (κ3) is 1.57. The lowest BCUT2D eigenvalue weighted by Crippen LogP contribution is -2.35. The molecule has 0 N–H and O–H groups in total. The summed E-state index contributed by atoms with van der Waals surface area (Å²) in [5.74, 6) is 0.204. The van der Waals surface area contributed by atoms with Crippen molar-refractivity contribution in [2.45, 2.75) is 26.8 Å². The molecule has 2 rings (SSSR count). The second-order valence-electron chi connectivity index (χ2n) is 4.58. The molecular formula is C11H18N2O. The number of hydrogen-bond donors (Lipinski definition) is 0. The molecule has 78 valence electrons. The molecule has 0 bridgehead atoms. The third-order valence-electron chi connectivity index (χ3n) is 3.23. The van der Waals surface area contributed by atoms with Crippen molar-refractivity contribution in [3.05, 3.63) is 11.1 Å². The number of carbonyl (C=O) groups excluding carboxylic acids is 1.